The number of rotatable bonds is 19. The number of hydrogen-bond acceptors (Lipinski definition) is 12. The zero-order valence-electron chi connectivity index (χ0n) is 59.5. The summed E-state index contributed by atoms with van der Waals surface area (Å²) in [5.74, 6) is -3.37. The topological polar surface area (TPSA) is 246 Å². The van der Waals surface area contributed by atoms with Gasteiger partial charge in [-0.1, -0.05) is 143 Å². The highest BCUT2D eigenvalue weighted by Crippen LogP contribution is 2.32. The van der Waals surface area contributed by atoms with E-state index in [1.165, 1.54) is 91.0 Å². The van der Waals surface area contributed by atoms with Gasteiger partial charge in [-0.3, -0.25) is 0 Å². The van der Waals surface area contributed by atoms with E-state index >= 15 is 0 Å². The monoisotopic (exact) mass is 1640 g/mol. The van der Waals surface area contributed by atoms with Crippen LogP contribution in [-0.4, -0.2) is 91.4 Å². The summed E-state index contributed by atoms with van der Waals surface area (Å²) in [5.41, 5.74) is 9.69. The van der Waals surface area contributed by atoms with Crippen LogP contribution in [0.25, 0.3) is 45.5 Å². The molecule has 0 radical (unpaired) electrons. The van der Waals surface area contributed by atoms with E-state index in [2.05, 4.69) is 54.1 Å². The van der Waals surface area contributed by atoms with Crippen molar-refractivity contribution in [2.24, 2.45) is 0 Å². The minimum absolute atomic E-state index is 0.00224. The fourth-order valence-electron chi connectivity index (χ4n) is 10.3. The molecule has 3 N–H and O–H groups in total. The molecule has 5 heterocycles. The van der Waals surface area contributed by atoms with Crippen LogP contribution in [0.2, 0.25) is 0 Å². The van der Waals surface area contributed by atoms with Crippen LogP contribution < -0.4 is 0 Å². The first kappa shape index (κ1) is 83.5. The first-order valence-corrected chi connectivity index (χ1v) is 37.9. The van der Waals surface area contributed by atoms with Crippen LogP contribution >= 0.6 is 22.6 Å². The highest BCUT2D eigenvalue weighted by Gasteiger charge is 2.24. The molecule has 5 aromatic heterocycles. The van der Waals surface area contributed by atoms with E-state index in [9.17, 15) is 67.8 Å². The number of ether oxygens (including phenoxy) is 1. The molecule has 0 spiro atoms. The number of carbonyl (C=O) groups excluding carboxylic acids is 1. The fourth-order valence-corrected chi connectivity index (χ4v) is 14.5. The van der Waals surface area contributed by atoms with Crippen LogP contribution in [0.15, 0.2) is 283 Å². The van der Waals surface area contributed by atoms with E-state index in [1.807, 2.05) is 20.8 Å². The number of esters is 1. The van der Waals surface area contributed by atoms with E-state index in [0.717, 1.165) is 38.9 Å². The van der Waals surface area contributed by atoms with Gasteiger partial charge in [-0.25, -0.2) is 77.5 Å². The Balaban J connectivity index is 0.000000168. The molecule has 0 aliphatic heterocycles. The number of sulfone groups is 2. The van der Waals surface area contributed by atoms with Gasteiger partial charge in [0.2, 0.25) is 0 Å². The quantitative estimate of drug-likeness (QED) is 0.0295. The highest BCUT2D eigenvalue weighted by atomic mass is 127. The van der Waals surface area contributed by atoms with Gasteiger partial charge in [-0.2, -0.15) is 0 Å². The summed E-state index contributed by atoms with van der Waals surface area (Å²) in [5, 5.41) is 20.2. The van der Waals surface area contributed by atoms with Crippen LogP contribution in [0.5, 0.6) is 0 Å². The summed E-state index contributed by atoms with van der Waals surface area (Å²) in [4.78, 5) is 54.9. The zero-order valence-corrected chi connectivity index (χ0v) is 63.3. The van der Waals surface area contributed by atoms with Gasteiger partial charge in [0.25, 0.3) is 0 Å². The molecule has 26 heteroatoms. The van der Waals surface area contributed by atoms with E-state index < -0.39 is 37.6 Å². The van der Waals surface area contributed by atoms with E-state index in [1.54, 1.807) is 199 Å². The molecule has 0 aliphatic carbocycles. The molecular formula is C84H72F6IN7O10S2. The van der Waals surface area contributed by atoms with Gasteiger partial charge < -0.3 is 29.1 Å². The largest absolute Gasteiger partial charge is 0.477 e. The number of hydrogen-bond donors (Lipinski definition) is 3. The molecule has 13 aromatic rings. The molecule has 0 amide bonds. The molecule has 0 bridgehead atoms. The van der Waals surface area contributed by atoms with Gasteiger partial charge in [-0.15, -0.1) is 0 Å². The zero-order chi connectivity index (χ0) is 79.5. The number of benzene rings is 8. The number of nitrogens with zero attached hydrogens (tertiary/aromatic N) is 6. The van der Waals surface area contributed by atoms with Crippen LogP contribution in [-0.2, 0) is 37.5 Å². The van der Waals surface area contributed by atoms with Crippen LogP contribution in [0.1, 0.15) is 87.5 Å². The molecule has 0 aliphatic rings. The highest BCUT2D eigenvalue weighted by molar-refractivity contribution is 14.1. The summed E-state index contributed by atoms with van der Waals surface area (Å²) in [6.07, 6.45) is 12.9. The standard InChI is InChI=1S/C17H14FN3O2.C16H12FN3O2.C15H14FIO2S.C15H13FO2S.C13H12FNO2.C8H7F/c1-11-9-14(12-3-5-13(18)6-4-12)16(17(22)23)21(11)10-15-19-7-2-8-20-15;17-12-4-2-11(3-5-12)13-6-9-20(15(13)16(21)22)10-14-18-7-1-8-19-14;1-11-2-8-14(9-3-11)20(18,19)10-15(17)12-4-6-13(16)7-5-12;1-12-2-8-15(9-3-12)19(17,18)11-10-13-4-6-14(16)7-5-13;1-2-17-13(16)12-11(7-8-15-12)9-3-5-10(14)6-4-9;1-2-7-3-5-8(9)6-4-7/h2-9H,10H2,1H3,(H,22,23);1-9H,10H2,(H,21,22);2-9,15H,10H2,1H3;2-11H,1H3;3-8,15H,2H2,1H3;2-6H,1H2/b;;;11-10+;;. The number of H-pyrrole nitrogens is 1. The Kier molecular flexibility index (Phi) is 30.5. The predicted octanol–water partition coefficient (Wildman–Crippen LogP) is 19.1. The Bertz CT molecular complexity index is 5450. The fraction of sp³-hybridized carbons (Fsp3) is 0.107. The van der Waals surface area contributed by atoms with Crippen molar-refractivity contribution in [2.45, 2.75) is 54.5 Å². The van der Waals surface area contributed by atoms with Gasteiger partial charge in [0.1, 0.15) is 63.6 Å². The summed E-state index contributed by atoms with van der Waals surface area (Å²) in [6, 6.07) is 57.3. The predicted molar refractivity (Wildman–Crippen MR) is 419 cm³/mol. The maximum absolute atomic E-state index is 13.1. The average Bonchev–Trinajstić information content (AvgIpc) is 1.63. The van der Waals surface area contributed by atoms with Gasteiger partial charge in [-0.05, 0) is 195 Å². The van der Waals surface area contributed by atoms with Gasteiger partial charge in [0, 0.05) is 65.0 Å². The molecule has 13 rings (SSSR count). The van der Waals surface area contributed by atoms with Crippen LogP contribution in [0.4, 0.5) is 26.3 Å². The number of aromatic nitrogens is 7. The summed E-state index contributed by atoms with van der Waals surface area (Å²) >= 11 is 2.08. The van der Waals surface area contributed by atoms with Gasteiger partial charge in [0.15, 0.2) is 19.7 Å². The molecule has 0 fully saturated rings. The molecule has 564 valence electrons. The van der Waals surface area contributed by atoms with E-state index in [0.29, 0.717) is 62.2 Å². The van der Waals surface area contributed by atoms with Gasteiger partial charge in [0.05, 0.1) is 39.2 Å². The lowest BCUT2D eigenvalue weighted by atomic mass is 10.1. The lowest BCUT2D eigenvalue weighted by Gasteiger charge is -2.11. The van der Waals surface area contributed by atoms with Crippen molar-refractivity contribution in [1.82, 2.24) is 34.1 Å². The molecular weight excluding hydrogens is 1570 g/mol. The number of halogens is 7. The molecule has 8 aromatic carbocycles. The molecule has 110 heavy (non-hydrogen) atoms. The smallest absolute Gasteiger partial charge is 0.355 e. The second-order valence-electron chi connectivity index (χ2n) is 23.9. The molecule has 17 nitrogen and oxygen atoms in total. The van der Waals surface area contributed by atoms with Crippen molar-refractivity contribution in [1.29, 1.82) is 0 Å². The number of aryl methyl sites for hydroxylation is 3. The number of carboxylic acids is 2. The Labute approximate surface area is 645 Å². The van der Waals surface area contributed by atoms with Crippen molar-refractivity contribution < 1.29 is 72.5 Å². The number of alkyl halides is 1. The molecule has 1 unspecified atom stereocenters. The van der Waals surface area contributed by atoms with Crippen LogP contribution in [0.3, 0.4) is 0 Å². The van der Waals surface area contributed by atoms with Crippen molar-refractivity contribution in [2.75, 3.05) is 12.4 Å². The Morgan fingerprint density at radius 3 is 1.40 bits per heavy atom. The molecule has 0 saturated carbocycles. The minimum Gasteiger partial charge on any atom is -0.477 e. The molecule has 1 atom stereocenters. The third-order valence-corrected chi connectivity index (χ3v) is 20.9. The first-order valence-electron chi connectivity index (χ1n) is 33.4. The summed E-state index contributed by atoms with van der Waals surface area (Å²) < 4.78 is 133. The lowest BCUT2D eigenvalue weighted by molar-refractivity contribution is 0.0520. The number of aromatic amines is 1. The number of carboxylic acid groups (broad SMARTS) is 2. The number of aromatic carboxylic acids is 2. The molecule has 0 saturated heterocycles. The summed E-state index contributed by atoms with van der Waals surface area (Å²) in [6.45, 7) is 11.7. The van der Waals surface area contributed by atoms with Crippen LogP contribution in [0, 0.1) is 55.7 Å². The van der Waals surface area contributed by atoms with Crippen molar-refractivity contribution in [3.8, 4) is 33.4 Å². The first-order chi connectivity index (χ1) is 52.6. The van der Waals surface area contributed by atoms with Crippen molar-refractivity contribution in [3.05, 3.63) is 371 Å². The maximum atomic E-state index is 13.1. The third kappa shape index (κ3) is 24.7. The number of carbonyl (C=O) groups is 3. The Morgan fingerprint density at radius 2 is 0.945 bits per heavy atom. The third-order valence-electron chi connectivity index (χ3n) is 16.0. The SMILES string of the molecule is C=Cc1ccc(F)cc1.CCOC(=O)c1[nH]ccc1-c1ccc(F)cc1.Cc1cc(-c2ccc(F)cc2)c(C(=O)O)n1Cc1ncccn1.Cc1ccc(S(=O)(=O)/C=C/c2ccc(F)cc2)cc1.Cc1ccc(S(=O)(=O)CC(I)c2ccc(F)cc2)cc1.O=C(O)c1c(-c2ccc(F)cc2)ccn1Cc1ncccn1. The van der Waals surface area contributed by atoms with Crippen molar-refractivity contribution in [3.63, 3.8) is 0 Å². The minimum atomic E-state index is -3.46. The maximum Gasteiger partial charge on any atom is 0.355 e. The lowest BCUT2D eigenvalue weighted by Crippen LogP contribution is -2.13. The van der Waals surface area contributed by atoms with Crippen molar-refractivity contribution >= 4 is 72.3 Å². The second kappa shape index (κ2) is 40.2. The Morgan fingerprint density at radius 1 is 0.527 bits per heavy atom. The van der Waals surface area contributed by atoms with E-state index in [-0.39, 0.29) is 74.0 Å². The van der Waals surface area contributed by atoms with E-state index in [4.69, 9.17) is 4.74 Å². The number of nitrogens with one attached hydrogen (secondary N) is 1. The second-order valence-corrected chi connectivity index (χ2v) is 29.2. The average molecular weight is 1640 g/mol. The summed E-state index contributed by atoms with van der Waals surface area (Å²) in [7, 11) is -6.80. The Hall–Kier alpha value is -12.1. The van der Waals surface area contributed by atoms with Gasteiger partial charge >= 0.3 is 17.9 Å². The normalized spacial score (nSPS) is 11.1.